The van der Waals surface area contributed by atoms with Crippen LogP contribution in [0.3, 0.4) is 0 Å². The predicted octanol–water partition coefficient (Wildman–Crippen LogP) is 5.15. The van der Waals surface area contributed by atoms with E-state index in [-0.39, 0.29) is 21.7 Å². The summed E-state index contributed by atoms with van der Waals surface area (Å²) in [5.74, 6) is 0. The van der Waals surface area contributed by atoms with Gasteiger partial charge in [0.05, 0.1) is 0 Å². The summed E-state index contributed by atoms with van der Waals surface area (Å²) in [7, 11) is 8.09. The van der Waals surface area contributed by atoms with Crippen LogP contribution in [0, 0.1) is 76.3 Å². The Morgan fingerprint density at radius 3 is 0.793 bits per heavy atom. The summed E-state index contributed by atoms with van der Waals surface area (Å²) in [5.41, 5.74) is 2.43. The van der Waals surface area contributed by atoms with Crippen LogP contribution < -0.4 is 9.80 Å². The molecule has 2 nitrogen and oxygen atoms in total. The van der Waals surface area contributed by atoms with Gasteiger partial charge in [-0.1, -0.05) is 11.4 Å². The molecule has 3 heteroatoms. The van der Waals surface area contributed by atoms with Gasteiger partial charge >= 0.3 is 21.7 Å². The second-order valence-corrected chi connectivity index (χ2v) is 6.23. The van der Waals surface area contributed by atoms with Gasteiger partial charge in [-0.15, -0.1) is 24.3 Å². The van der Waals surface area contributed by atoms with Crippen molar-refractivity contribution in [3.63, 3.8) is 0 Å². The maximum absolute atomic E-state index is 2.96. The normalized spacial score (nSPS) is 13.9. The Morgan fingerprint density at radius 2 is 0.655 bits per heavy atom. The van der Waals surface area contributed by atoms with Crippen molar-refractivity contribution in [1.29, 1.82) is 0 Å². The molecule has 2 saturated carbocycles. The number of nitrogens with zero attached hydrogens (tertiary/aromatic N) is 2. The molecule has 148 valence electrons. The van der Waals surface area contributed by atoms with Crippen molar-refractivity contribution in [2.45, 2.75) is 0 Å². The maximum atomic E-state index is 2.96. The summed E-state index contributed by atoms with van der Waals surface area (Å²) in [6.07, 6.45) is 20.0. The van der Waals surface area contributed by atoms with E-state index in [1.165, 1.54) is 11.4 Å². The third-order valence-corrected chi connectivity index (χ3v) is 3.55. The van der Waals surface area contributed by atoms with E-state index in [4.69, 9.17) is 0 Å². The number of rotatable bonds is 2. The Kier molecular flexibility index (Phi) is 18.0. The number of hydrogen-bond donors (Lipinski definition) is 0. The fourth-order valence-corrected chi connectivity index (χ4v) is 1.99. The Balaban J connectivity index is 0.000000369. The van der Waals surface area contributed by atoms with E-state index in [0.717, 1.165) is 0 Å². The van der Waals surface area contributed by atoms with E-state index in [1.54, 1.807) is 0 Å². The standard InChI is InChI=1S/2C8H10N.2C5H5.Ti/c2*1-9(2)8-6-4-3-5-7-8;2*1-2-4-5-3-1;/h2*4-7H,1-2H3;2*1-5H;/q2*-1;;;+2. The average molecular weight is 418 g/mol. The zero-order valence-corrected chi connectivity index (χ0v) is 19.3. The average Bonchev–Trinajstić information content (AvgIpc) is 3.48. The molecule has 0 unspecified atom stereocenters. The molecule has 29 heavy (non-hydrogen) atoms. The van der Waals surface area contributed by atoms with Gasteiger partial charge < -0.3 is 9.80 Å². The second kappa shape index (κ2) is 18.8. The van der Waals surface area contributed by atoms with Crippen molar-refractivity contribution < 1.29 is 21.7 Å². The minimum Gasteiger partial charge on any atom is -0.399 e. The fourth-order valence-electron chi connectivity index (χ4n) is 1.99. The van der Waals surface area contributed by atoms with Gasteiger partial charge in [0.2, 0.25) is 0 Å². The van der Waals surface area contributed by atoms with Gasteiger partial charge in [0.15, 0.2) is 0 Å². The molecule has 0 amide bonds. The molecule has 10 radical (unpaired) electrons. The number of anilines is 2. The maximum Gasteiger partial charge on any atom is 2.00 e. The smallest absolute Gasteiger partial charge is 0.399 e. The van der Waals surface area contributed by atoms with Crippen molar-refractivity contribution >= 4 is 11.4 Å². The van der Waals surface area contributed by atoms with E-state index in [9.17, 15) is 0 Å². The molecule has 2 aliphatic rings. The summed E-state index contributed by atoms with van der Waals surface area (Å²) < 4.78 is 0. The molecular weight excluding hydrogens is 388 g/mol. The van der Waals surface area contributed by atoms with Crippen LogP contribution in [0.25, 0.3) is 0 Å². The van der Waals surface area contributed by atoms with Gasteiger partial charge in [0.1, 0.15) is 0 Å². The van der Waals surface area contributed by atoms with E-state index >= 15 is 0 Å². The molecule has 2 aliphatic carbocycles. The van der Waals surface area contributed by atoms with Crippen LogP contribution in [-0.4, -0.2) is 28.2 Å². The SMILES string of the molecule is CN(C)c1cc[c-]cc1.CN(C)c1cc[c-]cc1.[CH]1[CH][CH][CH][CH]1.[CH]1[CH][CH][CH][CH]1.[Ti+2]. The van der Waals surface area contributed by atoms with Crippen molar-refractivity contribution in [2.75, 3.05) is 38.0 Å². The molecule has 0 spiro atoms. The molecule has 2 aromatic rings. The van der Waals surface area contributed by atoms with Crippen LogP contribution in [0.2, 0.25) is 0 Å². The van der Waals surface area contributed by atoms with Crippen molar-refractivity contribution in [1.82, 2.24) is 0 Å². The summed E-state index contributed by atoms with van der Waals surface area (Å²) in [6.45, 7) is 0. The van der Waals surface area contributed by atoms with E-state index < -0.39 is 0 Å². The summed E-state index contributed by atoms with van der Waals surface area (Å²) >= 11 is 0. The Labute approximate surface area is 195 Å². The minimum atomic E-state index is 0. The van der Waals surface area contributed by atoms with E-state index in [2.05, 4.69) is 21.9 Å². The van der Waals surface area contributed by atoms with E-state index in [0.29, 0.717) is 0 Å². The molecule has 0 saturated heterocycles. The first-order valence-electron chi connectivity index (χ1n) is 9.21. The Morgan fingerprint density at radius 1 is 0.448 bits per heavy atom. The zero-order valence-electron chi connectivity index (χ0n) is 17.8. The first-order chi connectivity index (χ1) is 13.6. The van der Waals surface area contributed by atoms with Crippen molar-refractivity contribution in [3.05, 3.63) is 125 Å². The van der Waals surface area contributed by atoms with Crippen LogP contribution >= 0.6 is 0 Å². The Hall–Kier alpha value is -1.25. The largest absolute Gasteiger partial charge is 2.00 e. The van der Waals surface area contributed by atoms with Gasteiger partial charge in [-0.3, -0.25) is 0 Å². The van der Waals surface area contributed by atoms with Crippen LogP contribution in [0.5, 0.6) is 0 Å². The van der Waals surface area contributed by atoms with E-state index in [1.807, 2.05) is 141 Å². The molecule has 0 N–H and O–H groups in total. The van der Waals surface area contributed by atoms with Crippen molar-refractivity contribution in [3.8, 4) is 0 Å². The molecule has 0 aromatic heterocycles. The molecule has 2 fully saturated rings. The summed E-state index contributed by atoms with van der Waals surface area (Å²) in [6, 6.07) is 21.7. The van der Waals surface area contributed by atoms with Crippen LogP contribution in [0.15, 0.2) is 48.5 Å². The van der Waals surface area contributed by atoms with Crippen molar-refractivity contribution in [2.24, 2.45) is 0 Å². The van der Waals surface area contributed by atoms with Crippen LogP contribution in [0.4, 0.5) is 11.4 Å². The third-order valence-electron chi connectivity index (χ3n) is 3.55. The first kappa shape index (κ1) is 27.8. The van der Waals surface area contributed by atoms with Gasteiger partial charge in [-0.2, -0.15) is 36.4 Å². The van der Waals surface area contributed by atoms with Gasteiger partial charge in [0, 0.05) is 28.2 Å². The monoisotopic (exact) mass is 418 g/mol. The summed E-state index contributed by atoms with van der Waals surface area (Å²) in [5, 5.41) is 0. The minimum absolute atomic E-state index is 0. The first-order valence-corrected chi connectivity index (χ1v) is 9.21. The van der Waals surface area contributed by atoms with Crippen LogP contribution in [0.1, 0.15) is 0 Å². The molecule has 0 heterocycles. The van der Waals surface area contributed by atoms with Crippen LogP contribution in [-0.2, 0) is 21.7 Å². The molecule has 4 rings (SSSR count). The molecule has 0 aliphatic heterocycles. The predicted molar refractivity (Wildman–Crippen MR) is 122 cm³/mol. The summed E-state index contributed by atoms with van der Waals surface area (Å²) in [4.78, 5) is 4.13. The van der Waals surface area contributed by atoms with Gasteiger partial charge in [-0.25, -0.2) is 0 Å². The fraction of sp³-hybridized carbons (Fsp3) is 0.154. The quantitative estimate of drug-likeness (QED) is 0.492. The number of hydrogen-bond acceptors (Lipinski definition) is 2. The molecule has 0 bridgehead atoms. The molecular formula is C26H30N2Ti. The molecule has 0 atom stereocenters. The topological polar surface area (TPSA) is 6.48 Å². The second-order valence-electron chi connectivity index (χ2n) is 6.23. The zero-order chi connectivity index (χ0) is 20.5. The molecule has 2 aromatic carbocycles. The van der Waals surface area contributed by atoms with Gasteiger partial charge in [0.25, 0.3) is 0 Å². The van der Waals surface area contributed by atoms with Gasteiger partial charge in [-0.05, 0) is 64.2 Å². The number of benzene rings is 2. The Bertz CT molecular complexity index is 493. The third kappa shape index (κ3) is 15.3.